The third-order valence-corrected chi connectivity index (χ3v) is 5.06. The van der Waals surface area contributed by atoms with Crippen molar-refractivity contribution in [1.82, 2.24) is 4.98 Å². The number of carbonyl (C=O) groups excluding carboxylic acids is 1. The van der Waals surface area contributed by atoms with E-state index < -0.39 is 19.0 Å². The molecule has 1 aromatic heterocycles. The Labute approximate surface area is 173 Å². The lowest BCUT2D eigenvalue weighted by Crippen LogP contribution is -2.56. The summed E-state index contributed by atoms with van der Waals surface area (Å²) in [6.45, 7) is 0. The van der Waals surface area contributed by atoms with Gasteiger partial charge in [0.25, 0.3) is 0 Å². The molecule has 0 fully saturated rings. The number of carboxylic acids is 1. The van der Waals surface area contributed by atoms with Crippen molar-refractivity contribution in [2.45, 2.75) is 18.8 Å². The second-order valence-corrected chi connectivity index (χ2v) is 7.01. The van der Waals surface area contributed by atoms with Crippen molar-refractivity contribution >= 4 is 24.7 Å². The van der Waals surface area contributed by atoms with Crippen LogP contribution in [0.4, 0.5) is 5.69 Å². The number of carbonyl (C=O) groups is 2. The molecule has 1 aliphatic heterocycles. The molecule has 7 nitrogen and oxygen atoms in total. The van der Waals surface area contributed by atoms with Crippen molar-refractivity contribution in [3.8, 4) is 5.75 Å². The van der Waals surface area contributed by atoms with Crippen LogP contribution < -0.4 is 9.55 Å². The summed E-state index contributed by atoms with van der Waals surface area (Å²) in [6.07, 6.45) is 3.63. The molecule has 8 heteroatoms. The number of pyridine rings is 1. The summed E-state index contributed by atoms with van der Waals surface area (Å²) in [6, 6.07) is 17.4. The average molecular weight is 402 g/mol. The predicted octanol–water partition coefficient (Wildman–Crippen LogP) is 2.38. The quantitative estimate of drug-likeness (QED) is 0.636. The largest absolute Gasteiger partial charge is 0.547 e. The van der Waals surface area contributed by atoms with Gasteiger partial charge in [-0.2, -0.15) is 0 Å². The molecule has 2 N–H and O–H groups in total. The summed E-state index contributed by atoms with van der Waals surface area (Å²) in [4.78, 5) is 30.3. The minimum absolute atomic E-state index is 0.0145. The van der Waals surface area contributed by atoms with Crippen molar-refractivity contribution in [3.05, 3.63) is 89.7 Å². The topological polar surface area (TPSA) is 100.0 Å². The molecular formula is C22H19BN2O5. The molecule has 0 saturated heterocycles. The fourth-order valence-corrected chi connectivity index (χ4v) is 3.67. The molecule has 1 aliphatic rings. The van der Waals surface area contributed by atoms with Crippen LogP contribution in [0.2, 0.25) is 0 Å². The maximum Gasteiger partial charge on any atom is 0.547 e. The van der Waals surface area contributed by atoms with Gasteiger partial charge in [-0.15, -0.1) is 0 Å². The molecular weight excluding hydrogens is 383 g/mol. The van der Waals surface area contributed by atoms with E-state index >= 15 is 0 Å². The van der Waals surface area contributed by atoms with E-state index in [1.54, 1.807) is 48.8 Å². The van der Waals surface area contributed by atoms with Crippen LogP contribution in [-0.4, -0.2) is 40.1 Å². The van der Waals surface area contributed by atoms with Gasteiger partial charge in [0.15, 0.2) is 0 Å². The Morgan fingerprint density at radius 3 is 2.50 bits per heavy atom. The van der Waals surface area contributed by atoms with Gasteiger partial charge in [0, 0.05) is 18.1 Å². The van der Waals surface area contributed by atoms with Gasteiger partial charge in [0.05, 0.1) is 17.9 Å². The first-order valence-electron chi connectivity index (χ1n) is 9.50. The second kappa shape index (κ2) is 8.38. The van der Waals surface area contributed by atoms with Crippen LogP contribution in [0.3, 0.4) is 0 Å². The number of nitrogens with zero attached hydrogens (tertiary/aromatic N) is 2. The van der Waals surface area contributed by atoms with Crippen LogP contribution in [0, 0.1) is 0 Å². The van der Waals surface area contributed by atoms with E-state index in [9.17, 15) is 19.7 Å². The number of aromatic nitrogens is 1. The maximum absolute atomic E-state index is 13.3. The summed E-state index contributed by atoms with van der Waals surface area (Å²) in [7, 11) is -1.38. The molecule has 0 bridgehead atoms. The third kappa shape index (κ3) is 3.90. The predicted molar refractivity (Wildman–Crippen MR) is 111 cm³/mol. The number of rotatable bonds is 5. The zero-order valence-electron chi connectivity index (χ0n) is 16.0. The number of carboxylic acid groups (broad SMARTS) is 1. The monoisotopic (exact) mass is 402 g/mol. The zero-order valence-corrected chi connectivity index (χ0v) is 16.0. The number of amides is 1. The van der Waals surface area contributed by atoms with E-state index in [1.165, 1.54) is 11.0 Å². The Morgan fingerprint density at radius 1 is 1.07 bits per heavy atom. The van der Waals surface area contributed by atoms with Crippen molar-refractivity contribution in [2.75, 3.05) is 4.90 Å². The Hall–Kier alpha value is -3.65. The highest BCUT2D eigenvalue weighted by Gasteiger charge is 2.42. The Kier molecular flexibility index (Phi) is 5.49. The lowest BCUT2D eigenvalue weighted by atomic mass is 9.71. The van der Waals surface area contributed by atoms with Crippen molar-refractivity contribution in [3.63, 3.8) is 0 Å². The molecule has 0 radical (unpaired) electrons. The van der Waals surface area contributed by atoms with Crippen molar-refractivity contribution in [2.24, 2.45) is 0 Å². The van der Waals surface area contributed by atoms with Gasteiger partial charge in [0.1, 0.15) is 5.75 Å². The number of anilines is 1. The molecule has 30 heavy (non-hydrogen) atoms. The number of aromatic carboxylic acids is 1. The molecule has 0 spiro atoms. The molecule has 150 valence electrons. The summed E-state index contributed by atoms with van der Waals surface area (Å²) >= 11 is 0. The smallest absolute Gasteiger partial charge is 0.534 e. The average Bonchev–Trinajstić information content (AvgIpc) is 2.75. The number of hydrogen-bond donors (Lipinski definition) is 2. The fraction of sp³-hybridized carbons (Fsp3) is 0.136. The van der Waals surface area contributed by atoms with E-state index in [4.69, 9.17) is 4.65 Å². The van der Waals surface area contributed by atoms with E-state index in [0.717, 1.165) is 5.56 Å². The van der Waals surface area contributed by atoms with Crippen LogP contribution in [0.15, 0.2) is 73.1 Å². The van der Waals surface area contributed by atoms with E-state index in [0.29, 0.717) is 11.3 Å². The van der Waals surface area contributed by atoms with Crippen LogP contribution in [-0.2, 0) is 17.6 Å². The summed E-state index contributed by atoms with van der Waals surface area (Å²) < 4.78 is 5.61. The summed E-state index contributed by atoms with van der Waals surface area (Å²) in [5.41, 5.74) is 2.04. The first kappa shape index (κ1) is 19.7. The zero-order chi connectivity index (χ0) is 21.1. The van der Waals surface area contributed by atoms with Crippen LogP contribution in [0.1, 0.15) is 21.5 Å². The van der Waals surface area contributed by atoms with Gasteiger partial charge in [-0.1, -0.05) is 30.3 Å². The molecule has 2 heterocycles. The number of benzene rings is 2. The highest BCUT2D eigenvalue weighted by Crippen LogP contribution is 2.33. The number of fused-ring (bicyclic) bond motifs is 1. The second-order valence-electron chi connectivity index (χ2n) is 7.01. The minimum atomic E-state index is -1.38. The van der Waals surface area contributed by atoms with Gasteiger partial charge in [-0.3, -0.25) is 9.78 Å². The first-order chi connectivity index (χ1) is 14.5. The Balaban J connectivity index is 1.70. The number of hydrogen-bond acceptors (Lipinski definition) is 5. The molecule has 1 amide bonds. The maximum atomic E-state index is 13.3. The van der Waals surface area contributed by atoms with E-state index in [1.807, 2.05) is 18.2 Å². The van der Waals surface area contributed by atoms with Gasteiger partial charge in [0.2, 0.25) is 5.91 Å². The van der Waals surface area contributed by atoms with Crippen LogP contribution in [0.25, 0.3) is 0 Å². The molecule has 3 aromatic rings. The highest BCUT2D eigenvalue weighted by atomic mass is 16.5. The Morgan fingerprint density at radius 2 is 1.80 bits per heavy atom. The SMILES string of the molecule is O=C(O)c1cccc2c1OB(O)C(N(C(=O)Cc1ccncc1)c1ccccc1)C2. The van der Waals surface area contributed by atoms with Gasteiger partial charge in [-0.05, 0) is 47.9 Å². The first-order valence-corrected chi connectivity index (χ1v) is 9.50. The molecule has 4 rings (SSSR count). The van der Waals surface area contributed by atoms with Crippen LogP contribution >= 0.6 is 0 Å². The standard InChI is InChI=1S/C22H19BN2O5/c26-20(13-15-9-11-24-12-10-15)25(17-6-2-1-3-7-17)19-14-16-5-4-8-18(22(27)28)21(16)30-23(19)29/h1-12,19,29H,13-14H2,(H,27,28). The number of para-hydroxylation sites is 2. The molecule has 0 saturated carbocycles. The molecule has 0 aliphatic carbocycles. The van der Waals surface area contributed by atoms with E-state index in [2.05, 4.69) is 4.98 Å². The van der Waals surface area contributed by atoms with Gasteiger partial charge >= 0.3 is 13.1 Å². The van der Waals surface area contributed by atoms with Crippen molar-refractivity contribution < 1.29 is 24.4 Å². The summed E-state index contributed by atoms with van der Waals surface area (Å²) in [5.74, 6) is -1.91. The van der Waals surface area contributed by atoms with Gasteiger partial charge < -0.3 is 19.7 Å². The van der Waals surface area contributed by atoms with Gasteiger partial charge in [-0.25, -0.2) is 4.79 Å². The third-order valence-electron chi connectivity index (χ3n) is 5.06. The van der Waals surface area contributed by atoms with Crippen molar-refractivity contribution in [1.29, 1.82) is 0 Å². The molecule has 2 aromatic carbocycles. The highest BCUT2D eigenvalue weighted by molar-refractivity contribution is 6.48. The normalized spacial score (nSPS) is 15.1. The van der Waals surface area contributed by atoms with Crippen LogP contribution in [0.5, 0.6) is 5.75 Å². The lowest BCUT2D eigenvalue weighted by Gasteiger charge is -2.36. The fourth-order valence-electron chi connectivity index (χ4n) is 3.67. The Bertz CT molecular complexity index is 1060. The molecule has 1 unspecified atom stereocenters. The minimum Gasteiger partial charge on any atom is -0.534 e. The van der Waals surface area contributed by atoms with E-state index in [-0.39, 0.29) is 30.1 Å². The molecule has 1 atom stereocenters. The summed E-state index contributed by atoms with van der Waals surface area (Å²) in [5, 5.41) is 20.2. The lowest BCUT2D eigenvalue weighted by molar-refractivity contribution is -0.118.